The van der Waals surface area contributed by atoms with Crippen LogP contribution in [0.1, 0.15) is 44.2 Å². The summed E-state index contributed by atoms with van der Waals surface area (Å²) in [6, 6.07) is 10.8. The van der Waals surface area contributed by atoms with Gasteiger partial charge in [0.25, 0.3) is 0 Å². The molecular formula is C17H22BrNOS. The van der Waals surface area contributed by atoms with Crippen molar-refractivity contribution in [2.45, 2.75) is 39.2 Å². The van der Waals surface area contributed by atoms with E-state index in [4.69, 9.17) is 4.74 Å². The molecule has 1 heterocycles. The molecule has 0 saturated carbocycles. The molecule has 4 heteroatoms. The molecule has 0 aliphatic rings. The number of methoxy groups -OCH3 is 1. The summed E-state index contributed by atoms with van der Waals surface area (Å²) in [6.07, 6.45) is 0. The number of rotatable bonds is 4. The minimum atomic E-state index is 0.123. The van der Waals surface area contributed by atoms with E-state index in [1.54, 1.807) is 18.4 Å². The van der Waals surface area contributed by atoms with E-state index < -0.39 is 0 Å². The van der Waals surface area contributed by atoms with Gasteiger partial charge < -0.3 is 10.1 Å². The Bertz CT molecular complexity index is 615. The highest BCUT2D eigenvalue weighted by atomic mass is 79.9. The third-order valence-electron chi connectivity index (χ3n) is 3.46. The molecule has 2 rings (SSSR count). The van der Waals surface area contributed by atoms with Crippen molar-refractivity contribution in [3.8, 4) is 5.75 Å². The van der Waals surface area contributed by atoms with Gasteiger partial charge in [-0.3, -0.25) is 0 Å². The van der Waals surface area contributed by atoms with Crippen molar-refractivity contribution < 1.29 is 4.74 Å². The van der Waals surface area contributed by atoms with Crippen molar-refractivity contribution in [1.82, 2.24) is 0 Å². The minimum absolute atomic E-state index is 0.123. The lowest BCUT2D eigenvalue weighted by Crippen LogP contribution is -2.13. The fourth-order valence-corrected chi connectivity index (χ4v) is 3.58. The second-order valence-electron chi connectivity index (χ2n) is 6.17. The Labute approximate surface area is 139 Å². The van der Waals surface area contributed by atoms with E-state index in [1.165, 1.54) is 10.4 Å². The Morgan fingerprint density at radius 1 is 1.19 bits per heavy atom. The van der Waals surface area contributed by atoms with Gasteiger partial charge in [0.05, 0.1) is 22.6 Å². The summed E-state index contributed by atoms with van der Waals surface area (Å²) in [5, 5.41) is 3.57. The highest BCUT2D eigenvalue weighted by molar-refractivity contribution is 9.11. The second-order valence-corrected chi connectivity index (χ2v) is 8.67. The lowest BCUT2D eigenvalue weighted by molar-refractivity contribution is 0.415. The summed E-state index contributed by atoms with van der Waals surface area (Å²) in [4.78, 5) is 1.30. The van der Waals surface area contributed by atoms with Crippen molar-refractivity contribution in [1.29, 1.82) is 0 Å². The summed E-state index contributed by atoms with van der Waals surface area (Å²) >= 11 is 5.27. The van der Waals surface area contributed by atoms with E-state index in [9.17, 15) is 0 Å². The normalized spacial score (nSPS) is 13.0. The number of nitrogens with one attached hydrogen (secondary N) is 1. The van der Waals surface area contributed by atoms with Gasteiger partial charge in [0.15, 0.2) is 0 Å². The summed E-state index contributed by atoms with van der Waals surface area (Å²) < 4.78 is 6.64. The zero-order valence-corrected chi connectivity index (χ0v) is 15.6. The minimum Gasteiger partial charge on any atom is -0.495 e. The Balaban J connectivity index is 2.29. The Morgan fingerprint density at radius 3 is 2.43 bits per heavy atom. The van der Waals surface area contributed by atoms with Gasteiger partial charge in [-0.15, -0.1) is 11.3 Å². The van der Waals surface area contributed by atoms with Crippen LogP contribution in [-0.4, -0.2) is 7.11 Å². The molecule has 0 amide bonds. The van der Waals surface area contributed by atoms with Crippen LogP contribution in [0.4, 0.5) is 5.69 Å². The summed E-state index contributed by atoms with van der Waals surface area (Å²) in [7, 11) is 1.71. The van der Waals surface area contributed by atoms with Crippen molar-refractivity contribution in [2.75, 3.05) is 12.4 Å². The Kier molecular flexibility index (Phi) is 4.99. The van der Waals surface area contributed by atoms with Crippen LogP contribution in [0.3, 0.4) is 0 Å². The largest absolute Gasteiger partial charge is 0.495 e. The maximum Gasteiger partial charge on any atom is 0.141 e. The van der Waals surface area contributed by atoms with Gasteiger partial charge in [0.1, 0.15) is 5.75 Å². The van der Waals surface area contributed by atoms with Crippen LogP contribution in [0.2, 0.25) is 0 Å². The molecule has 1 aromatic carbocycles. The fraction of sp³-hybridized carbons (Fsp3) is 0.412. The van der Waals surface area contributed by atoms with E-state index in [0.717, 1.165) is 15.2 Å². The zero-order valence-electron chi connectivity index (χ0n) is 13.2. The molecule has 0 bridgehead atoms. The molecule has 1 atom stereocenters. The number of halogens is 1. The molecule has 0 radical (unpaired) electrons. The van der Waals surface area contributed by atoms with Gasteiger partial charge in [0.2, 0.25) is 0 Å². The molecule has 0 aliphatic heterocycles. The highest BCUT2D eigenvalue weighted by Crippen LogP contribution is 2.35. The van der Waals surface area contributed by atoms with Crippen LogP contribution in [0.25, 0.3) is 0 Å². The van der Waals surface area contributed by atoms with Gasteiger partial charge >= 0.3 is 0 Å². The van der Waals surface area contributed by atoms with Crippen LogP contribution in [0.15, 0.2) is 34.1 Å². The van der Waals surface area contributed by atoms with Gasteiger partial charge in [-0.25, -0.2) is 0 Å². The smallest absolute Gasteiger partial charge is 0.141 e. The van der Waals surface area contributed by atoms with Crippen LogP contribution in [0.5, 0.6) is 5.75 Å². The van der Waals surface area contributed by atoms with E-state index in [-0.39, 0.29) is 11.5 Å². The van der Waals surface area contributed by atoms with Crippen molar-refractivity contribution in [2.24, 2.45) is 0 Å². The third kappa shape index (κ3) is 4.01. The predicted molar refractivity (Wildman–Crippen MR) is 95.8 cm³/mol. The number of ether oxygens (including phenoxy) is 1. The SMILES string of the molecule is COc1ccc(C(C)(C)C)cc1NC(C)c1ccc(Br)s1. The molecule has 2 aromatic rings. The van der Waals surface area contributed by atoms with E-state index in [1.807, 2.05) is 6.07 Å². The first-order valence-corrected chi connectivity index (χ1v) is 8.62. The number of thiophene rings is 1. The van der Waals surface area contributed by atoms with Crippen LogP contribution >= 0.6 is 27.3 Å². The zero-order chi connectivity index (χ0) is 15.6. The molecule has 1 unspecified atom stereocenters. The first-order chi connectivity index (χ1) is 9.81. The molecule has 0 saturated heterocycles. The van der Waals surface area contributed by atoms with Gasteiger partial charge in [-0.2, -0.15) is 0 Å². The number of hydrogen-bond donors (Lipinski definition) is 1. The first-order valence-electron chi connectivity index (χ1n) is 7.01. The molecule has 0 fully saturated rings. The maximum atomic E-state index is 5.49. The summed E-state index contributed by atoms with van der Waals surface area (Å²) in [5.41, 5.74) is 2.46. The summed E-state index contributed by atoms with van der Waals surface area (Å²) in [6.45, 7) is 8.83. The first kappa shape index (κ1) is 16.4. The number of benzene rings is 1. The van der Waals surface area contributed by atoms with Crippen LogP contribution in [-0.2, 0) is 5.41 Å². The molecule has 2 nitrogen and oxygen atoms in total. The third-order valence-corrected chi connectivity index (χ3v) is 5.26. The molecular weight excluding hydrogens is 346 g/mol. The number of hydrogen-bond acceptors (Lipinski definition) is 3. The molecule has 0 aliphatic carbocycles. The standard InChI is InChI=1S/C17H22BrNOS/c1-11(15-8-9-16(18)21-15)19-13-10-12(17(2,3)4)6-7-14(13)20-5/h6-11,19H,1-5H3. The molecule has 1 aromatic heterocycles. The second kappa shape index (κ2) is 6.41. The van der Waals surface area contributed by atoms with Gasteiger partial charge in [-0.1, -0.05) is 26.8 Å². The Morgan fingerprint density at radius 2 is 1.90 bits per heavy atom. The summed E-state index contributed by atoms with van der Waals surface area (Å²) in [5.74, 6) is 0.880. The maximum absolute atomic E-state index is 5.49. The quantitative estimate of drug-likeness (QED) is 0.716. The van der Waals surface area contributed by atoms with E-state index in [0.29, 0.717) is 0 Å². The van der Waals surface area contributed by atoms with E-state index >= 15 is 0 Å². The molecule has 114 valence electrons. The highest BCUT2D eigenvalue weighted by Gasteiger charge is 2.17. The lowest BCUT2D eigenvalue weighted by atomic mass is 9.86. The van der Waals surface area contributed by atoms with Gasteiger partial charge in [-0.05, 0) is 58.1 Å². The fourth-order valence-electron chi connectivity index (χ4n) is 2.15. The van der Waals surface area contributed by atoms with Gasteiger partial charge in [0, 0.05) is 4.88 Å². The van der Waals surface area contributed by atoms with Crippen molar-refractivity contribution in [3.05, 3.63) is 44.6 Å². The van der Waals surface area contributed by atoms with Crippen molar-refractivity contribution in [3.63, 3.8) is 0 Å². The lowest BCUT2D eigenvalue weighted by Gasteiger charge is -2.23. The number of anilines is 1. The topological polar surface area (TPSA) is 21.3 Å². The Hall–Kier alpha value is -1.000. The average Bonchev–Trinajstić information content (AvgIpc) is 2.84. The monoisotopic (exact) mass is 367 g/mol. The average molecular weight is 368 g/mol. The molecule has 21 heavy (non-hydrogen) atoms. The van der Waals surface area contributed by atoms with Crippen LogP contribution < -0.4 is 10.1 Å². The predicted octanol–water partition coefficient (Wildman–Crippen LogP) is 5.99. The molecule has 1 N–H and O–H groups in total. The van der Waals surface area contributed by atoms with Crippen LogP contribution in [0, 0.1) is 0 Å². The molecule has 0 spiro atoms. The van der Waals surface area contributed by atoms with E-state index in [2.05, 4.69) is 73.2 Å². The van der Waals surface area contributed by atoms with Crippen molar-refractivity contribution >= 4 is 33.0 Å².